The zero-order valence-corrected chi connectivity index (χ0v) is 24.6. The van der Waals surface area contributed by atoms with Crippen molar-refractivity contribution in [3.8, 4) is 28.7 Å². The van der Waals surface area contributed by atoms with Crippen LogP contribution >= 0.6 is 11.6 Å². The highest BCUT2D eigenvalue weighted by Gasteiger charge is 2.27. The number of benzene rings is 2. The molecule has 1 heterocycles. The number of hydrogen-bond acceptors (Lipinski definition) is 8. The second kappa shape index (κ2) is 13.5. The lowest BCUT2D eigenvalue weighted by Crippen LogP contribution is -2.31. The molecule has 42 heavy (non-hydrogen) atoms. The van der Waals surface area contributed by atoms with Crippen molar-refractivity contribution in [1.82, 2.24) is 4.57 Å². The molecule has 218 valence electrons. The van der Waals surface area contributed by atoms with Gasteiger partial charge in [0.1, 0.15) is 11.5 Å². The Morgan fingerprint density at radius 1 is 1.07 bits per heavy atom. The number of aromatic nitrogens is 1. The smallest absolute Gasteiger partial charge is 0.334 e. The monoisotopic (exact) mass is 590 g/mol. The van der Waals surface area contributed by atoms with Crippen LogP contribution in [0.25, 0.3) is 17.2 Å². The van der Waals surface area contributed by atoms with Crippen LogP contribution in [0.1, 0.15) is 41.6 Å². The number of Topliss-reactive ketones (excluding diaryl/α,β-unsaturated/α-hetero) is 1. The van der Waals surface area contributed by atoms with Crippen molar-refractivity contribution in [3.63, 3.8) is 0 Å². The van der Waals surface area contributed by atoms with Crippen molar-refractivity contribution in [2.75, 3.05) is 34.5 Å². The van der Waals surface area contributed by atoms with E-state index in [0.717, 1.165) is 11.1 Å². The Labute approximate surface area is 248 Å². The standard InChI is InChI=1S/C32H31ClN2O7/c1-5-42-32(38)23-11-20-10-22(29(40-3)14-21(20)12-23)13-28(36)27(8-9-39-2)35-18-30(41-4)26(16-31(35)37)25-15-24(33)7-6-19(25)17-34/h6-7,10,12,14-16,18,27H,5,8-9,11,13H2,1-4H3. The van der Waals surface area contributed by atoms with Gasteiger partial charge in [-0.05, 0) is 54.8 Å². The molecule has 0 bridgehead atoms. The van der Waals surface area contributed by atoms with E-state index in [2.05, 4.69) is 6.07 Å². The summed E-state index contributed by atoms with van der Waals surface area (Å²) in [6, 6.07) is 11.0. The Balaban J connectivity index is 1.70. The van der Waals surface area contributed by atoms with Gasteiger partial charge in [-0.1, -0.05) is 17.7 Å². The Morgan fingerprint density at radius 3 is 2.50 bits per heavy atom. The van der Waals surface area contributed by atoms with Crippen molar-refractivity contribution in [1.29, 1.82) is 5.26 Å². The fraction of sp³-hybridized carbons (Fsp3) is 0.312. The van der Waals surface area contributed by atoms with Crippen LogP contribution in [0.4, 0.5) is 0 Å². The van der Waals surface area contributed by atoms with Crippen LogP contribution in [-0.4, -0.2) is 50.9 Å². The van der Waals surface area contributed by atoms with Gasteiger partial charge in [0.15, 0.2) is 5.78 Å². The Kier molecular flexibility index (Phi) is 9.84. The molecule has 0 radical (unpaired) electrons. The largest absolute Gasteiger partial charge is 0.496 e. The van der Waals surface area contributed by atoms with Crippen molar-refractivity contribution >= 4 is 29.4 Å². The number of nitriles is 1. The van der Waals surface area contributed by atoms with Crippen LogP contribution in [0.15, 0.2) is 53.0 Å². The second-order valence-electron chi connectivity index (χ2n) is 9.67. The number of rotatable bonds is 12. The molecule has 0 spiro atoms. The summed E-state index contributed by atoms with van der Waals surface area (Å²) in [7, 11) is 4.49. The molecule has 0 aliphatic heterocycles. The van der Waals surface area contributed by atoms with Gasteiger partial charge in [0, 0.05) is 59.9 Å². The van der Waals surface area contributed by atoms with Crippen LogP contribution < -0.4 is 15.0 Å². The number of hydrogen-bond donors (Lipinski definition) is 0. The quantitative estimate of drug-likeness (QED) is 0.272. The molecule has 9 nitrogen and oxygen atoms in total. The number of ketones is 1. The van der Waals surface area contributed by atoms with E-state index in [1.165, 1.54) is 38.2 Å². The van der Waals surface area contributed by atoms with E-state index in [4.69, 9.17) is 30.5 Å². The van der Waals surface area contributed by atoms with E-state index in [1.54, 1.807) is 37.3 Å². The lowest BCUT2D eigenvalue weighted by Gasteiger charge is -2.21. The van der Waals surface area contributed by atoms with Gasteiger partial charge in [-0.15, -0.1) is 0 Å². The van der Waals surface area contributed by atoms with Gasteiger partial charge in [-0.2, -0.15) is 5.26 Å². The van der Waals surface area contributed by atoms with Gasteiger partial charge >= 0.3 is 5.97 Å². The van der Waals surface area contributed by atoms with Crippen molar-refractivity contribution in [2.24, 2.45) is 0 Å². The molecule has 2 aromatic carbocycles. The molecule has 0 saturated heterocycles. The highest BCUT2D eigenvalue weighted by atomic mass is 35.5. The topological polar surface area (TPSA) is 117 Å². The first-order chi connectivity index (χ1) is 20.2. The zero-order valence-electron chi connectivity index (χ0n) is 23.9. The number of fused-ring (bicyclic) bond motifs is 1. The molecule has 10 heteroatoms. The van der Waals surface area contributed by atoms with Crippen LogP contribution in [0.3, 0.4) is 0 Å². The number of ether oxygens (including phenoxy) is 4. The minimum atomic E-state index is -0.874. The van der Waals surface area contributed by atoms with E-state index >= 15 is 0 Å². The molecular weight excluding hydrogens is 560 g/mol. The van der Waals surface area contributed by atoms with Gasteiger partial charge in [0.2, 0.25) is 0 Å². The lowest BCUT2D eigenvalue weighted by atomic mass is 9.96. The third kappa shape index (κ3) is 6.40. The Hall–Kier alpha value is -4.39. The zero-order chi connectivity index (χ0) is 30.4. The summed E-state index contributed by atoms with van der Waals surface area (Å²) in [6.07, 6.45) is 3.85. The molecule has 1 atom stereocenters. The average molecular weight is 591 g/mol. The normalized spacial score (nSPS) is 12.6. The van der Waals surface area contributed by atoms with Crippen LogP contribution in [0, 0.1) is 11.3 Å². The average Bonchev–Trinajstić information content (AvgIpc) is 3.40. The third-order valence-corrected chi connectivity index (χ3v) is 7.35. The molecule has 0 amide bonds. The summed E-state index contributed by atoms with van der Waals surface area (Å²) in [6.45, 7) is 2.26. The molecule has 1 aliphatic carbocycles. The maximum absolute atomic E-state index is 13.8. The van der Waals surface area contributed by atoms with Crippen molar-refractivity contribution in [2.45, 2.75) is 32.2 Å². The number of carbonyl (C=O) groups excluding carboxylic acids is 2. The number of nitrogens with zero attached hydrogens (tertiary/aromatic N) is 2. The highest BCUT2D eigenvalue weighted by Crippen LogP contribution is 2.35. The van der Waals surface area contributed by atoms with E-state index in [-0.39, 0.29) is 37.8 Å². The maximum Gasteiger partial charge on any atom is 0.334 e. The van der Waals surface area contributed by atoms with Gasteiger partial charge in [-0.3, -0.25) is 9.59 Å². The minimum Gasteiger partial charge on any atom is -0.496 e. The molecule has 0 saturated carbocycles. The lowest BCUT2D eigenvalue weighted by molar-refractivity contribution is -0.138. The molecule has 4 rings (SSSR count). The summed E-state index contributed by atoms with van der Waals surface area (Å²) in [5.41, 5.74) is 3.60. The van der Waals surface area contributed by atoms with E-state index in [1.807, 2.05) is 6.07 Å². The highest BCUT2D eigenvalue weighted by molar-refractivity contribution is 6.31. The predicted octanol–water partition coefficient (Wildman–Crippen LogP) is 4.95. The maximum atomic E-state index is 13.8. The fourth-order valence-electron chi connectivity index (χ4n) is 5.08. The van der Waals surface area contributed by atoms with Gasteiger partial charge in [-0.25, -0.2) is 4.79 Å². The first kappa shape index (κ1) is 30.6. The van der Waals surface area contributed by atoms with E-state index in [9.17, 15) is 19.6 Å². The number of methoxy groups -OCH3 is 3. The van der Waals surface area contributed by atoms with E-state index in [0.29, 0.717) is 50.8 Å². The molecule has 1 unspecified atom stereocenters. The minimum absolute atomic E-state index is 0.0248. The molecule has 0 fully saturated rings. The summed E-state index contributed by atoms with van der Waals surface area (Å²) in [5, 5.41) is 10.0. The first-order valence-corrected chi connectivity index (χ1v) is 13.7. The number of pyridine rings is 1. The second-order valence-corrected chi connectivity index (χ2v) is 10.1. The summed E-state index contributed by atoms with van der Waals surface area (Å²) >= 11 is 6.19. The van der Waals surface area contributed by atoms with Crippen molar-refractivity contribution in [3.05, 3.63) is 85.8 Å². The Morgan fingerprint density at radius 2 is 1.83 bits per heavy atom. The molecule has 1 aliphatic rings. The predicted molar refractivity (Wildman–Crippen MR) is 158 cm³/mol. The molecule has 3 aromatic rings. The van der Waals surface area contributed by atoms with Crippen LogP contribution in [0.5, 0.6) is 11.5 Å². The van der Waals surface area contributed by atoms with Crippen LogP contribution in [0.2, 0.25) is 5.02 Å². The Bertz CT molecular complexity index is 1650. The first-order valence-electron chi connectivity index (χ1n) is 13.3. The molecule has 1 aromatic heterocycles. The van der Waals surface area contributed by atoms with Crippen molar-refractivity contribution < 1.29 is 28.5 Å². The number of halogens is 1. The number of carbonyl (C=O) groups is 2. The summed E-state index contributed by atoms with van der Waals surface area (Å²) in [4.78, 5) is 39.6. The fourth-order valence-corrected chi connectivity index (χ4v) is 5.25. The third-order valence-electron chi connectivity index (χ3n) is 7.11. The SMILES string of the molecule is CCOC(=O)C1=Cc2cc(OC)c(CC(=O)C(CCOC)n3cc(OC)c(-c4cc(Cl)ccc4C#N)cc3=O)cc2C1. The number of esters is 1. The summed E-state index contributed by atoms with van der Waals surface area (Å²) < 4.78 is 22.9. The van der Waals surface area contributed by atoms with Gasteiger partial charge < -0.3 is 23.5 Å². The summed E-state index contributed by atoms with van der Waals surface area (Å²) in [5.74, 6) is 0.191. The van der Waals surface area contributed by atoms with Gasteiger partial charge in [0.25, 0.3) is 5.56 Å². The van der Waals surface area contributed by atoms with Gasteiger partial charge in [0.05, 0.1) is 44.7 Å². The molecule has 0 N–H and O–H groups in total. The van der Waals surface area contributed by atoms with E-state index < -0.39 is 11.6 Å². The molecular formula is C32H31ClN2O7. The van der Waals surface area contributed by atoms with Crippen LogP contribution in [-0.2, 0) is 31.9 Å².